The van der Waals surface area contributed by atoms with Crippen LogP contribution >= 0.6 is 0 Å². The fourth-order valence-corrected chi connectivity index (χ4v) is 4.66. The molecule has 2 aliphatic rings. The molecule has 1 aromatic heterocycles. The summed E-state index contributed by atoms with van der Waals surface area (Å²) in [5.74, 6) is 0.0270. The quantitative estimate of drug-likeness (QED) is 0.390. The average Bonchev–Trinajstić information content (AvgIpc) is 3.64. The third-order valence-electron chi connectivity index (χ3n) is 6.63. The van der Waals surface area contributed by atoms with E-state index in [0.29, 0.717) is 34.8 Å². The number of nitrogens with one attached hydrogen (secondary N) is 1. The summed E-state index contributed by atoms with van der Waals surface area (Å²) < 4.78 is 16.6. The highest BCUT2D eigenvalue weighted by Gasteiger charge is 2.38. The number of aromatic nitrogens is 1. The van der Waals surface area contributed by atoms with Crippen molar-refractivity contribution in [1.82, 2.24) is 9.88 Å². The van der Waals surface area contributed by atoms with E-state index in [9.17, 15) is 14.4 Å². The van der Waals surface area contributed by atoms with Gasteiger partial charge in [0.15, 0.2) is 5.58 Å². The average molecular weight is 498 g/mol. The number of nitrogens with zero attached hydrogens (tertiary/aromatic N) is 2. The number of oxazole rings is 1. The minimum atomic E-state index is -0.404. The van der Waals surface area contributed by atoms with Crippen molar-refractivity contribution < 1.29 is 28.3 Å². The van der Waals surface area contributed by atoms with Crippen LogP contribution in [0.3, 0.4) is 0 Å². The first-order valence-electron chi connectivity index (χ1n) is 12.0. The second-order valence-corrected chi connectivity index (χ2v) is 9.00. The highest BCUT2D eigenvalue weighted by molar-refractivity contribution is 6.22. The smallest absolute Gasteiger partial charge is 0.261 e. The zero-order valence-electron chi connectivity index (χ0n) is 20.0. The van der Waals surface area contributed by atoms with Gasteiger partial charge in [0, 0.05) is 23.4 Å². The molecule has 3 aromatic carbocycles. The Morgan fingerprint density at radius 3 is 2.62 bits per heavy atom. The number of fused-ring (bicyclic) bond motifs is 2. The van der Waals surface area contributed by atoms with Crippen molar-refractivity contribution in [3.63, 3.8) is 0 Å². The number of imide groups is 1. The van der Waals surface area contributed by atoms with Gasteiger partial charge in [-0.1, -0.05) is 0 Å². The molecular formula is C28H23N3O6. The molecule has 1 saturated heterocycles. The summed E-state index contributed by atoms with van der Waals surface area (Å²) in [5, 5.41) is 2.83. The van der Waals surface area contributed by atoms with Gasteiger partial charge in [-0.25, -0.2) is 4.98 Å². The van der Waals surface area contributed by atoms with Gasteiger partial charge in [-0.2, -0.15) is 0 Å². The summed E-state index contributed by atoms with van der Waals surface area (Å²) in [7, 11) is 1.60. The number of rotatable bonds is 6. The number of carbonyl (C=O) groups excluding carboxylic acids is 3. The van der Waals surface area contributed by atoms with E-state index in [-0.39, 0.29) is 29.7 Å². The van der Waals surface area contributed by atoms with Crippen molar-refractivity contribution in [2.24, 2.45) is 0 Å². The van der Waals surface area contributed by atoms with Crippen LogP contribution in [0.1, 0.15) is 43.9 Å². The van der Waals surface area contributed by atoms with Crippen LogP contribution in [-0.2, 0) is 4.74 Å². The fourth-order valence-electron chi connectivity index (χ4n) is 4.66. The summed E-state index contributed by atoms with van der Waals surface area (Å²) in [6, 6.07) is 17.1. The number of carbonyl (C=O) groups is 3. The molecule has 3 heterocycles. The van der Waals surface area contributed by atoms with Crippen LogP contribution in [0.2, 0.25) is 0 Å². The predicted molar refractivity (Wildman–Crippen MR) is 135 cm³/mol. The van der Waals surface area contributed by atoms with E-state index in [4.69, 9.17) is 13.9 Å². The van der Waals surface area contributed by atoms with E-state index < -0.39 is 11.8 Å². The summed E-state index contributed by atoms with van der Waals surface area (Å²) in [6.45, 7) is 0.866. The minimum absolute atomic E-state index is 0.137. The van der Waals surface area contributed by atoms with Gasteiger partial charge in [0.25, 0.3) is 17.7 Å². The standard InChI is InChI=1S/C28H23N3O6/c1-35-19-8-4-16(5-9-19)26-30-23-14-18(7-11-24(23)37-26)29-25(32)17-6-10-21-22(13-17)28(34)31(27(21)33)15-20-3-2-12-36-20/h4-11,13-14,20H,2-3,12,15H2,1H3,(H,29,32). The van der Waals surface area contributed by atoms with Crippen molar-refractivity contribution in [3.8, 4) is 17.2 Å². The first kappa shape index (κ1) is 22.9. The van der Waals surface area contributed by atoms with Crippen LogP contribution in [0.25, 0.3) is 22.6 Å². The van der Waals surface area contributed by atoms with Crippen LogP contribution in [0, 0.1) is 0 Å². The zero-order valence-corrected chi connectivity index (χ0v) is 20.0. The normalized spacial score (nSPS) is 16.9. The lowest BCUT2D eigenvalue weighted by atomic mass is 10.1. The van der Waals surface area contributed by atoms with Crippen LogP contribution in [0.5, 0.6) is 5.75 Å². The second-order valence-electron chi connectivity index (χ2n) is 9.00. The predicted octanol–water partition coefficient (Wildman–Crippen LogP) is 4.53. The van der Waals surface area contributed by atoms with Gasteiger partial charge in [-0.3, -0.25) is 19.3 Å². The molecular weight excluding hydrogens is 474 g/mol. The number of hydrogen-bond acceptors (Lipinski definition) is 7. The van der Waals surface area contributed by atoms with Gasteiger partial charge < -0.3 is 19.2 Å². The summed E-state index contributed by atoms with van der Waals surface area (Å²) in [5.41, 5.74) is 3.29. The number of methoxy groups -OCH3 is 1. The molecule has 0 aliphatic carbocycles. The summed E-state index contributed by atoms with van der Waals surface area (Å²) in [4.78, 5) is 44.4. The molecule has 0 radical (unpaired) electrons. The topological polar surface area (TPSA) is 111 Å². The number of hydrogen-bond donors (Lipinski definition) is 1. The van der Waals surface area contributed by atoms with Gasteiger partial charge in [0.1, 0.15) is 11.3 Å². The lowest BCUT2D eigenvalue weighted by Crippen LogP contribution is -2.36. The van der Waals surface area contributed by atoms with E-state index in [1.165, 1.54) is 17.0 Å². The molecule has 3 amide bonds. The Morgan fingerprint density at radius 1 is 1.05 bits per heavy atom. The lowest BCUT2D eigenvalue weighted by molar-refractivity contribution is 0.0475. The maximum atomic E-state index is 13.0. The molecule has 4 aromatic rings. The molecule has 37 heavy (non-hydrogen) atoms. The van der Waals surface area contributed by atoms with Gasteiger partial charge in [-0.05, 0) is 73.5 Å². The Hall–Kier alpha value is -4.50. The van der Waals surface area contributed by atoms with E-state index in [1.807, 2.05) is 24.3 Å². The second kappa shape index (κ2) is 9.18. The van der Waals surface area contributed by atoms with Gasteiger partial charge in [0.2, 0.25) is 5.89 Å². The monoisotopic (exact) mass is 497 g/mol. The number of anilines is 1. The maximum Gasteiger partial charge on any atom is 0.261 e. The number of amides is 3. The number of benzene rings is 3. The van der Waals surface area contributed by atoms with Crippen molar-refractivity contribution in [2.75, 3.05) is 25.6 Å². The summed E-state index contributed by atoms with van der Waals surface area (Å²) >= 11 is 0. The van der Waals surface area contributed by atoms with Gasteiger partial charge >= 0.3 is 0 Å². The highest BCUT2D eigenvalue weighted by Crippen LogP contribution is 2.29. The van der Waals surface area contributed by atoms with Crippen molar-refractivity contribution in [3.05, 3.63) is 77.4 Å². The molecule has 9 heteroatoms. The van der Waals surface area contributed by atoms with E-state index in [2.05, 4.69) is 10.3 Å². The zero-order chi connectivity index (χ0) is 25.5. The minimum Gasteiger partial charge on any atom is -0.497 e. The molecule has 0 bridgehead atoms. The lowest BCUT2D eigenvalue weighted by Gasteiger charge is -2.17. The Kier molecular flexibility index (Phi) is 5.69. The van der Waals surface area contributed by atoms with Gasteiger partial charge in [0.05, 0.1) is 30.9 Å². The molecule has 6 rings (SSSR count). The summed E-state index contributed by atoms with van der Waals surface area (Å²) in [6.07, 6.45) is 1.60. The third kappa shape index (κ3) is 4.23. The van der Waals surface area contributed by atoms with Crippen molar-refractivity contribution >= 4 is 34.5 Å². The molecule has 1 N–H and O–H groups in total. The molecule has 1 fully saturated rings. The SMILES string of the molecule is COc1ccc(-c2nc3cc(NC(=O)c4ccc5c(c4)C(=O)N(CC4CCCO4)C5=O)ccc3o2)cc1. The molecule has 2 aliphatic heterocycles. The van der Waals surface area contributed by atoms with Crippen LogP contribution < -0.4 is 10.1 Å². The van der Waals surface area contributed by atoms with Gasteiger partial charge in [-0.15, -0.1) is 0 Å². The first-order chi connectivity index (χ1) is 18.0. The highest BCUT2D eigenvalue weighted by atomic mass is 16.5. The fraction of sp³-hybridized carbons (Fsp3) is 0.214. The Morgan fingerprint density at radius 2 is 1.86 bits per heavy atom. The Balaban J connectivity index is 1.19. The van der Waals surface area contributed by atoms with Crippen molar-refractivity contribution in [1.29, 1.82) is 0 Å². The van der Waals surface area contributed by atoms with E-state index in [0.717, 1.165) is 24.2 Å². The largest absolute Gasteiger partial charge is 0.497 e. The molecule has 0 saturated carbocycles. The van der Waals surface area contributed by atoms with E-state index in [1.54, 1.807) is 31.4 Å². The van der Waals surface area contributed by atoms with Crippen LogP contribution in [0.4, 0.5) is 5.69 Å². The van der Waals surface area contributed by atoms with Crippen LogP contribution in [-0.4, -0.2) is 54.0 Å². The molecule has 9 nitrogen and oxygen atoms in total. The Labute approximate surface area is 212 Å². The maximum absolute atomic E-state index is 13.0. The molecule has 186 valence electrons. The molecule has 0 spiro atoms. The van der Waals surface area contributed by atoms with E-state index >= 15 is 0 Å². The first-order valence-corrected chi connectivity index (χ1v) is 12.0. The third-order valence-corrected chi connectivity index (χ3v) is 6.63. The van der Waals surface area contributed by atoms with Crippen molar-refractivity contribution in [2.45, 2.75) is 18.9 Å². The molecule has 1 unspecified atom stereocenters. The Bertz CT molecular complexity index is 1540. The van der Waals surface area contributed by atoms with Crippen LogP contribution in [0.15, 0.2) is 65.1 Å². The number of ether oxygens (including phenoxy) is 2. The molecule has 1 atom stereocenters.